The summed E-state index contributed by atoms with van der Waals surface area (Å²) in [6.07, 6.45) is 4.28. The molecule has 3 N–H and O–H groups in total. The molecule has 3 rings (SSSR count). The molecule has 2 bridgehead atoms. The van der Waals surface area contributed by atoms with Gasteiger partial charge in [-0.15, -0.1) is 0 Å². The highest BCUT2D eigenvalue weighted by Gasteiger charge is 2.48. The van der Waals surface area contributed by atoms with Crippen LogP contribution in [0.25, 0.3) is 0 Å². The van der Waals surface area contributed by atoms with E-state index in [1.165, 1.54) is 24.8 Å². The third-order valence-corrected chi connectivity index (χ3v) is 4.89. The zero-order chi connectivity index (χ0) is 11.1. The highest BCUT2D eigenvalue weighted by molar-refractivity contribution is 6.30. The Morgan fingerprint density at radius 1 is 1.24 bits per heavy atom. The third kappa shape index (κ3) is 2.21. The Morgan fingerprint density at radius 3 is 2.71 bits per heavy atom. The third-order valence-electron chi connectivity index (χ3n) is 4.66. The molecule has 0 heterocycles. The van der Waals surface area contributed by atoms with Crippen LogP contribution in [0.4, 0.5) is 0 Å². The molecule has 1 nitrogen and oxygen atoms in total. The van der Waals surface area contributed by atoms with Gasteiger partial charge in [-0.05, 0) is 54.7 Å². The fourth-order valence-electron chi connectivity index (χ4n) is 4.06. The van der Waals surface area contributed by atoms with Crippen LogP contribution in [-0.4, -0.2) is 6.54 Å². The number of hydrogen-bond acceptors (Lipinski definition) is 0. The normalized spacial score (nSPS) is 34.7. The number of rotatable bonds is 2. The molecule has 0 amide bonds. The molecule has 0 aromatic heterocycles. The highest BCUT2D eigenvalue weighted by Crippen LogP contribution is 2.56. The van der Waals surface area contributed by atoms with Crippen LogP contribution in [0.15, 0.2) is 24.3 Å². The Morgan fingerprint density at radius 2 is 2.00 bits per heavy atom. The van der Waals surface area contributed by atoms with Crippen molar-refractivity contribution >= 4 is 11.6 Å². The lowest BCUT2D eigenvalue weighted by molar-refractivity contribution is -0.382. The number of benzene rings is 1. The first kappa shape index (κ1) is 13.2. The summed E-state index contributed by atoms with van der Waals surface area (Å²) < 4.78 is 0. The van der Waals surface area contributed by atoms with Gasteiger partial charge in [0.05, 0.1) is 6.54 Å². The van der Waals surface area contributed by atoms with Gasteiger partial charge in [0.1, 0.15) is 0 Å². The van der Waals surface area contributed by atoms with Crippen LogP contribution in [0.1, 0.15) is 30.7 Å². The van der Waals surface area contributed by atoms with Crippen molar-refractivity contribution in [2.45, 2.75) is 25.2 Å². The molecule has 2 aliphatic rings. The van der Waals surface area contributed by atoms with Gasteiger partial charge in [0.25, 0.3) is 0 Å². The molecule has 0 saturated heterocycles. The summed E-state index contributed by atoms with van der Waals surface area (Å²) in [7, 11) is 0. The second-order valence-corrected chi connectivity index (χ2v) is 5.80. The monoisotopic (exact) mass is 271 g/mol. The smallest absolute Gasteiger partial charge is 0.0777 e. The molecule has 0 unspecified atom stereocenters. The van der Waals surface area contributed by atoms with E-state index < -0.39 is 0 Å². The first-order chi connectivity index (χ1) is 7.79. The number of halogens is 2. The van der Waals surface area contributed by atoms with Gasteiger partial charge in [-0.3, -0.25) is 0 Å². The maximum atomic E-state index is 6.10. The van der Waals surface area contributed by atoms with Gasteiger partial charge in [-0.2, -0.15) is 0 Å². The average molecular weight is 272 g/mol. The van der Waals surface area contributed by atoms with Crippen molar-refractivity contribution in [1.29, 1.82) is 0 Å². The largest absolute Gasteiger partial charge is 1.00 e. The van der Waals surface area contributed by atoms with Crippen LogP contribution in [0.2, 0.25) is 5.02 Å². The summed E-state index contributed by atoms with van der Waals surface area (Å²) in [4.78, 5) is 0. The van der Waals surface area contributed by atoms with Crippen molar-refractivity contribution < 1.29 is 18.1 Å². The molecule has 1 aromatic rings. The minimum absolute atomic E-state index is 0. The second-order valence-electron chi connectivity index (χ2n) is 5.37. The van der Waals surface area contributed by atoms with Crippen molar-refractivity contribution in [3.63, 3.8) is 0 Å². The molecule has 94 valence electrons. The Bertz CT molecular complexity index is 394. The van der Waals surface area contributed by atoms with Crippen LogP contribution in [-0.2, 0) is 0 Å². The number of quaternary nitrogens is 1. The first-order valence-corrected chi connectivity index (χ1v) is 6.72. The standard InChI is InChI=1S/C14H18ClN.ClH/c15-12-3-1-2-10(7-12)14-11-5-4-9(6-11)13(14)8-16;/h1-3,7,9,11,13-14H,4-6,8,16H2;1H/t9-,11+,13-,14-;/m1./s1. The first-order valence-electron chi connectivity index (χ1n) is 6.34. The van der Waals surface area contributed by atoms with Gasteiger partial charge in [0.2, 0.25) is 0 Å². The van der Waals surface area contributed by atoms with Crippen molar-refractivity contribution in [3.8, 4) is 0 Å². The Balaban J connectivity index is 0.00000108. The summed E-state index contributed by atoms with van der Waals surface area (Å²) in [5.74, 6) is 3.37. The molecule has 1 aromatic carbocycles. The molecule has 17 heavy (non-hydrogen) atoms. The molecule has 0 radical (unpaired) electrons. The average Bonchev–Trinajstić information content (AvgIpc) is 2.88. The minimum atomic E-state index is 0. The van der Waals surface area contributed by atoms with Gasteiger partial charge in [0.15, 0.2) is 0 Å². The Kier molecular flexibility index (Phi) is 4.02. The van der Waals surface area contributed by atoms with E-state index in [0.29, 0.717) is 0 Å². The van der Waals surface area contributed by atoms with E-state index >= 15 is 0 Å². The van der Waals surface area contributed by atoms with Gasteiger partial charge in [-0.1, -0.05) is 23.7 Å². The van der Waals surface area contributed by atoms with Crippen molar-refractivity contribution in [3.05, 3.63) is 34.9 Å². The molecule has 2 fully saturated rings. The zero-order valence-electron chi connectivity index (χ0n) is 9.91. The van der Waals surface area contributed by atoms with E-state index in [-0.39, 0.29) is 12.4 Å². The Labute approximate surface area is 114 Å². The van der Waals surface area contributed by atoms with E-state index in [0.717, 1.165) is 35.2 Å². The van der Waals surface area contributed by atoms with Crippen molar-refractivity contribution in [2.75, 3.05) is 6.54 Å². The summed E-state index contributed by atoms with van der Waals surface area (Å²) in [6, 6.07) is 8.47. The lowest BCUT2D eigenvalue weighted by Crippen LogP contribution is -3.00. The van der Waals surface area contributed by atoms with Gasteiger partial charge >= 0.3 is 0 Å². The van der Waals surface area contributed by atoms with Crippen LogP contribution >= 0.6 is 11.6 Å². The molecular formula is C14H19Cl2N. The molecule has 2 saturated carbocycles. The van der Waals surface area contributed by atoms with Gasteiger partial charge in [0, 0.05) is 10.9 Å². The number of fused-ring (bicyclic) bond motifs is 2. The quantitative estimate of drug-likeness (QED) is 0.766. The van der Waals surface area contributed by atoms with Crippen LogP contribution in [0, 0.1) is 17.8 Å². The van der Waals surface area contributed by atoms with Crippen LogP contribution < -0.4 is 18.1 Å². The summed E-state index contributed by atoms with van der Waals surface area (Å²) in [5.41, 5.74) is 5.60. The lowest BCUT2D eigenvalue weighted by atomic mass is 9.75. The maximum Gasteiger partial charge on any atom is 0.0777 e. The topological polar surface area (TPSA) is 27.6 Å². The van der Waals surface area contributed by atoms with E-state index in [1.807, 2.05) is 6.07 Å². The summed E-state index contributed by atoms with van der Waals surface area (Å²) >= 11 is 6.10. The molecule has 3 heteroatoms. The summed E-state index contributed by atoms with van der Waals surface area (Å²) in [6.45, 7) is 1.08. The summed E-state index contributed by atoms with van der Waals surface area (Å²) in [5, 5.41) is 0.878. The van der Waals surface area contributed by atoms with Crippen molar-refractivity contribution in [1.82, 2.24) is 0 Å². The van der Waals surface area contributed by atoms with Crippen LogP contribution in [0.5, 0.6) is 0 Å². The lowest BCUT2D eigenvalue weighted by Gasteiger charge is -2.29. The zero-order valence-corrected chi connectivity index (χ0v) is 11.4. The molecule has 4 atom stereocenters. The van der Waals surface area contributed by atoms with Gasteiger partial charge < -0.3 is 18.1 Å². The van der Waals surface area contributed by atoms with E-state index in [2.05, 4.69) is 23.9 Å². The van der Waals surface area contributed by atoms with Crippen LogP contribution in [0.3, 0.4) is 0 Å². The van der Waals surface area contributed by atoms with E-state index in [4.69, 9.17) is 11.6 Å². The molecular weight excluding hydrogens is 253 g/mol. The Hall–Kier alpha value is -0.240. The fraction of sp³-hybridized carbons (Fsp3) is 0.571. The minimum Gasteiger partial charge on any atom is -1.00 e. The highest BCUT2D eigenvalue weighted by atomic mass is 35.5. The molecule has 2 aliphatic carbocycles. The van der Waals surface area contributed by atoms with Gasteiger partial charge in [-0.25, -0.2) is 0 Å². The maximum absolute atomic E-state index is 6.10. The SMILES string of the molecule is [Cl-].[NH3+]C[C@@H]1[C@@H]2CC[C@@H](C2)[C@H]1c1cccc(Cl)c1. The van der Waals surface area contributed by atoms with Crippen molar-refractivity contribution in [2.24, 2.45) is 17.8 Å². The molecule has 0 spiro atoms. The fourth-order valence-corrected chi connectivity index (χ4v) is 4.26. The predicted octanol–water partition coefficient (Wildman–Crippen LogP) is -0.284. The molecule has 0 aliphatic heterocycles. The van der Waals surface area contributed by atoms with E-state index in [9.17, 15) is 0 Å². The second kappa shape index (κ2) is 5.17. The van der Waals surface area contributed by atoms with E-state index in [1.54, 1.807) is 0 Å². The predicted molar refractivity (Wildman–Crippen MR) is 66.3 cm³/mol. The number of hydrogen-bond donors (Lipinski definition) is 1.